The van der Waals surface area contributed by atoms with Crippen LogP contribution in [0.15, 0.2) is 49.6 Å². The number of carbonyl (C=O) groups is 1. The molecule has 200 valence electrons. The summed E-state index contributed by atoms with van der Waals surface area (Å²) in [5, 5.41) is 0. The van der Waals surface area contributed by atoms with Crippen molar-refractivity contribution in [3.8, 4) is 0 Å². The number of esters is 1. The third kappa shape index (κ3) is 23.7. The maximum atomic E-state index is 11.6. The van der Waals surface area contributed by atoms with E-state index in [4.69, 9.17) is 4.74 Å². The molecule has 1 rings (SSSR count). The fourth-order valence-electron chi connectivity index (χ4n) is 4.25. The van der Waals surface area contributed by atoms with Crippen molar-refractivity contribution in [2.24, 2.45) is 0 Å². The zero-order chi connectivity index (χ0) is 25.8. The molecule has 0 saturated heterocycles. The molecule has 1 aromatic rings. The summed E-state index contributed by atoms with van der Waals surface area (Å²) < 4.78 is 5.57. The molecule has 35 heavy (non-hydrogen) atoms. The van der Waals surface area contributed by atoms with E-state index in [1.165, 1.54) is 121 Å². The Hall–Kier alpha value is -1.83. The molecule has 0 heterocycles. The Balaban J connectivity index is 0.00000121. The highest BCUT2D eigenvalue weighted by atomic mass is 16.5. The molecule has 0 fully saturated rings. The zero-order valence-corrected chi connectivity index (χ0v) is 23.3. The summed E-state index contributed by atoms with van der Waals surface area (Å²) in [5.74, 6) is -0.254. The van der Waals surface area contributed by atoms with Gasteiger partial charge in [0.2, 0.25) is 0 Å². The van der Waals surface area contributed by atoms with E-state index in [0.29, 0.717) is 0 Å². The van der Waals surface area contributed by atoms with Crippen LogP contribution in [0.3, 0.4) is 0 Å². The van der Waals surface area contributed by atoms with Crippen LogP contribution >= 0.6 is 0 Å². The van der Waals surface area contributed by atoms with Crippen molar-refractivity contribution in [3.05, 3.63) is 55.1 Å². The van der Waals surface area contributed by atoms with Crippen LogP contribution in [-0.2, 0) is 9.53 Å². The lowest BCUT2D eigenvalue weighted by molar-refractivity contribution is -0.143. The molecule has 1 atom stereocenters. The number of benzene rings is 1. The SMILES string of the molecule is C=CC(=O)OC(CCCCCCCCCC)CCCCCCCCCCC.C=Cc1ccccc1. The topological polar surface area (TPSA) is 26.3 Å². The van der Waals surface area contributed by atoms with E-state index in [1.807, 2.05) is 36.4 Å². The highest BCUT2D eigenvalue weighted by molar-refractivity contribution is 5.81. The largest absolute Gasteiger partial charge is 0.459 e. The molecule has 2 heteroatoms. The van der Waals surface area contributed by atoms with E-state index >= 15 is 0 Å². The number of hydrogen-bond acceptors (Lipinski definition) is 2. The number of ether oxygens (including phenoxy) is 1. The van der Waals surface area contributed by atoms with E-state index in [2.05, 4.69) is 27.0 Å². The molecule has 0 aliphatic rings. The van der Waals surface area contributed by atoms with E-state index in [9.17, 15) is 4.79 Å². The van der Waals surface area contributed by atoms with Crippen molar-refractivity contribution in [2.45, 2.75) is 142 Å². The summed E-state index contributed by atoms with van der Waals surface area (Å²) >= 11 is 0. The van der Waals surface area contributed by atoms with E-state index in [0.717, 1.165) is 12.8 Å². The molecule has 1 aromatic carbocycles. The van der Waals surface area contributed by atoms with Gasteiger partial charge in [0, 0.05) is 6.08 Å². The van der Waals surface area contributed by atoms with E-state index in [-0.39, 0.29) is 12.1 Å². The van der Waals surface area contributed by atoms with E-state index in [1.54, 1.807) is 0 Å². The highest BCUT2D eigenvalue weighted by Crippen LogP contribution is 2.18. The first-order valence-electron chi connectivity index (χ1n) is 14.7. The van der Waals surface area contributed by atoms with Gasteiger partial charge < -0.3 is 4.74 Å². The second-order valence-corrected chi connectivity index (χ2v) is 9.76. The molecule has 0 aromatic heterocycles. The van der Waals surface area contributed by atoms with Crippen LogP contribution < -0.4 is 0 Å². The van der Waals surface area contributed by atoms with Crippen molar-refractivity contribution in [3.63, 3.8) is 0 Å². The molecule has 0 radical (unpaired) electrons. The van der Waals surface area contributed by atoms with Crippen molar-refractivity contribution < 1.29 is 9.53 Å². The summed E-state index contributed by atoms with van der Waals surface area (Å²) in [6.07, 6.45) is 27.9. The molecule has 0 N–H and O–H groups in total. The van der Waals surface area contributed by atoms with Crippen LogP contribution in [0.4, 0.5) is 0 Å². The third-order valence-electron chi connectivity index (χ3n) is 6.49. The van der Waals surface area contributed by atoms with Gasteiger partial charge in [-0.1, -0.05) is 160 Å². The molecule has 0 aliphatic heterocycles. The van der Waals surface area contributed by atoms with Crippen LogP contribution in [0.2, 0.25) is 0 Å². The van der Waals surface area contributed by atoms with Gasteiger partial charge >= 0.3 is 5.97 Å². The Morgan fingerprint density at radius 3 is 1.43 bits per heavy atom. The third-order valence-corrected chi connectivity index (χ3v) is 6.49. The Morgan fingerprint density at radius 2 is 1.09 bits per heavy atom. The van der Waals surface area contributed by atoms with Crippen molar-refractivity contribution in [2.75, 3.05) is 0 Å². The molecule has 0 spiro atoms. The number of hydrogen-bond donors (Lipinski definition) is 0. The zero-order valence-electron chi connectivity index (χ0n) is 23.3. The van der Waals surface area contributed by atoms with Crippen LogP contribution in [-0.4, -0.2) is 12.1 Å². The lowest BCUT2D eigenvalue weighted by Gasteiger charge is -2.17. The monoisotopic (exact) mass is 484 g/mol. The minimum absolute atomic E-state index is 0.0974. The van der Waals surface area contributed by atoms with Gasteiger partial charge in [-0.3, -0.25) is 0 Å². The lowest BCUT2D eigenvalue weighted by Crippen LogP contribution is -2.16. The van der Waals surface area contributed by atoms with Crippen LogP contribution in [0.5, 0.6) is 0 Å². The minimum Gasteiger partial charge on any atom is -0.459 e. The van der Waals surface area contributed by atoms with Gasteiger partial charge in [0.25, 0.3) is 0 Å². The number of unbranched alkanes of at least 4 members (excludes halogenated alkanes) is 15. The molecule has 1 unspecified atom stereocenters. The predicted octanol–water partition coefficient (Wildman–Crippen LogP) is 10.9. The first-order chi connectivity index (χ1) is 17.2. The van der Waals surface area contributed by atoms with Gasteiger partial charge in [0.05, 0.1) is 0 Å². The Kier molecular flexibility index (Phi) is 25.4. The summed E-state index contributed by atoms with van der Waals surface area (Å²) in [4.78, 5) is 11.6. The normalized spacial score (nSPS) is 11.3. The quantitative estimate of drug-likeness (QED) is 0.0929. The van der Waals surface area contributed by atoms with Crippen molar-refractivity contribution in [1.29, 1.82) is 0 Å². The maximum Gasteiger partial charge on any atom is 0.330 e. The highest BCUT2D eigenvalue weighted by Gasteiger charge is 2.12. The van der Waals surface area contributed by atoms with Crippen LogP contribution in [0.1, 0.15) is 141 Å². The minimum atomic E-state index is -0.254. The lowest BCUT2D eigenvalue weighted by atomic mass is 10.0. The summed E-state index contributed by atoms with van der Waals surface area (Å²) in [5.41, 5.74) is 1.17. The Labute approximate surface area is 218 Å². The van der Waals surface area contributed by atoms with Crippen LogP contribution in [0.25, 0.3) is 6.08 Å². The Morgan fingerprint density at radius 1 is 0.686 bits per heavy atom. The van der Waals surface area contributed by atoms with Crippen molar-refractivity contribution >= 4 is 12.0 Å². The number of rotatable bonds is 22. The fraction of sp³-hybridized carbons (Fsp3) is 0.667. The summed E-state index contributed by atoms with van der Waals surface area (Å²) in [6, 6.07) is 10.0. The second-order valence-electron chi connectivity index (χ2n) is 9.76. The predicted molar refractivity (Wildman–Crippen MR) is 156 cm³/mol. The number of carbonyl (C=O) groups excluding carboxylic acids is 1. The molecule has 0 saturated carbocycles. The van der Waals surface area contributed by atoms with E-state index < -0.39 is 0 Å². The first-order valence-corrected chi connectivity index (χ1v) is 14.7. The fourth-order valence-corrected chi connectivity index (χ4v) is 4.25. The molecule has 0 amide bonds. The molecular formula is C33H56O2. The van der Waals surface area contributed by atoms with Crippen molar-refractivity contribution in [1.82, 2.24) is 0 Å². The first kappa shape index (κ1) is 33.2. The smallest absolute Gasteiger partial charge is 0.330 e. The maximum absolute atomic E-state index is 11.6. The molecular weight excluding hydrogens is 428 g/mol. The standard InChI is InChI=1S/C25H48O2.C8H8/c1-4-7-9-11-13-15-17-19-21-23-24(27-25(26)6-3)22-20-18-16-14-12-10-8-5-2;1-2-8-6-4-3-5-7-8/h6,24H,3-5,7-23H2,1-2H3;2-7H,1H2. The summed E-state index contributed by atoms with van der Waals surface area (Å²) in [7, 11) is 0. The Bertz CT molecular complexity index is 592. The molecule has 2 nitrogen and oxygen atoms in total. The van der Waals surface area contributed by atoms with Crippen LogP contribution in [0, 0.1) is 0 Å². The second kappa shape index (κ2) is 26.8. The summed E-state index contributed by atoms with van der Waals surface area (Å²) in [6.45, 7) is 11.7. The van der Waals surface area contributed by atoms with Gasteiger partial charge in [0.15, 0.2) is 0 Å². The average molecular weight is 485 g/mol. The van der Waals surface area contributed by atoms with Gasteiger partial charge in [-0.2, -0.15) is 0 Å². The molecule has 0 aliphatic carbocycles. The average Bonchev–Trinajstić information content (AvgIpc) is 2.89. The van der Waals surface area contributed by atoms with Gasteiger partial charge in [-0.05, 0) is 31.2 Å². The van der Waals surface area contributed by atoms with Gasteiger partial charge in [-0.15, -0.1) is 0 Å². The van der Waals surface area contributed by atoms with Gasteiger partial charge in [-0.25, -0.2) is 4.79 Å². The van der Waals surface area contributed by atoms with Gasteiger partial charge in [0.1, 0.15) is 6.10 Å². The molecule has 0 bridgehead atoms.